The molecule has 1 aromatic heterocycles. The Kier molecular flexibility index (Phi) is 5.39. The lowest BCUT2D eigenvalue weighted by molar-refractivity contribution is 0.296. The molecule has 0 radical (unpaired) electrons. The zero-order chi connectivity index (χ0) is 17.6. The van der Waals surface area contributed by atoms with Crippen molar-refractivity contribution in [1.82, 2.24) is 0 Å². The molecule has 3 aromatic rings. The fraction of sp³-hybridized carbons (Fsp3) is 0.286. The van der Waals surface area contributed by atoms with Crippen LogP contribution in [0.5, 0.6) is 11.5 Å². The van der Waals surface area contributed by atoms with Crippen LogP contribution in [0.4, 0.5) is 0 Å². The molecule has 0 fully saturated rings. The molecule has 0 N–H and O–H groups in total. The molecular formula is C21H22O4. The van der Waals surface area contributed by atoms with Crippen molar-refractivity contribution in [3.8, 4) is 11.5 Å². The molecule has 1 heterocycles. The number of aryl methyl sites for hydroxylation is 1. The lowest BCUT2D eigenvalue weighted by atomic mass is 10.0. The van der Waals surface area contributed by atoms with Crippen LogP contribution in [0.2, 0.25) is 0 Å². The number of ether oxygens (including phenoxy) is 2. The summed E-state index contributed by atoms with van der Waals surface area (Å²) in [5.74, 6) is 1.45. The van der Waals surface area contributed by atoms with Crippen molar-refractivity contribution in [2.75, 3.05) is 7.11 Å². The first-order valence-corrected chi connectivity index (χ1v) is 8.52. The van der Waals surface area contributed by atoms with E-state index in [9.17, 15) is 4.79 Å². The SMILES string of the molecule is CCCCc1cc(=O)oc2cc(OCc3ccccc3OC)ccc12. The second kappa shape index (κ2) is 7.88. The maximum absolute atomic E-state index is 11.8. The number of fused-ring (bicyclic) bond motifs is 1. The first-order valence-electron chi connectivity index (χ1n) is 8.52. The van der Waals surface area contributed by atoms with Gasteiger partial charge in [0.2, 0.25) is 0 Å². The molecule has 0 saturated carbocycles. The van der Waals surface area contributed by atoms with Crippen LogP contribution in [0.1, 0.15) is 30.9 Å². The molecule has 4 heteroatoms. The Morgan fingerprint density at radius 3 is 2.68 bits per heavy atom. The Morgan fingerprint density at radius 1 is 1.04 bits per heavy atom. The second-order valence-corrected chi connectivity index (χ2v) is 5.95. The Labute approximate surface area is 147 Å². The van der Waals surface area contributed by atoms with Gasteiger partial charge in [0.05, 0.1) is 7.11 Å². The molecule has 0 unspecified atom stereocenters. The van der Waals surface area contributed by atoms with Gasteiger partial charge in [0, 0.05) is 23.1 Å². The van der Waals surface area contributed by atoms with E-state index in [1.807, 2.05) is 36.4 Å². The van der Waals surface area contributed by atoms with E-state index in [1.165, 1.54) is 0 Å². The number of rotatable bonds is 7. The third-order valence-corrected chi connectivity index (χ3v) is 4.19. The lowest BCUT2D eigenvalue weighted by Crippen LogP contribution is -2.02. The van der Waals surface area contributed by atoms with Crippen LogP contribution in [-0.4, -0.2) is 7.11 Å². The molecule has 0 aliphatic carbocycles. The van der Waals surface area contributed by atoms with Gasteiger partial charge in [-0.15, -0.1) is 0 Å². The maximum atomic E-state index is 11.8. The summed E-state index contributed by atoms with van der Waals surface area (Å²) in [6.07, 6.45) is 3.01. The van der Waals surface area contributed by atoms with E-state index in [4.69, 9.17) is 13.9 Å². The number of hydrogen-bond acceptors (Lipinski definition) is 4. The molecule has 4 nitrogen and oxygen atoms in total. The molecule has 25 heavy (non-hydrogen) atoms. The second-order valence-electron chi connectivity index (χ2n) is 5.95. The standard InChI is InChI=1S/C21H22O4/c1-3-4-7-15-12-21(22)25-20-13-17(10-11-18(15)20)24-14-16-8-5-6-9-19(16)23-2/h5-6,8-13H,3-4,7,14H2,1-2H3. The van der Waals surface area contributed by atoms with Crippen molar-refractivity contribution in [3.05, 3.63) is 70.1 Å². The molecule has 0 amide bonds. The number of unbranched alkanes of at least 4 members (excludes halogenated alkanes) is 1. The Morgan fingerprint density at radius 2 is 1.88 bits per heavy atom. The van der Waals surface area contributed by atoms with E-state index in [0.29, 0.717) is 17.9 Å². The van der Waals surface area contributed by atoms with Gasteiger partial charge in [0.1, 0.15) is 23.7 Å². The predicted molar refractivity (Wildman–Crippen MR) is 98.4 cm³/mol. The van der Waals surface area contributed by atoms with E-state index in [0.717, 1.165) is 41.5 Å². The minimum Gasteiger partial charge on any atom is -0.496 e. The summed E-state index contributed by atoms with van der Waals surface area (Å²) in [6.45, 7) is 2.52. The lowest BCUT2D eigenvalue weighted by Gasteiger charge is -2.11. The smallest absolute Gasteiger partial charge is 0.336 e. The van der Waals surface area contributed by atoms with Crippen molar-refractivity contribution < 1.29 is 13.9 Å². The number of para-hydroxylation sites is 1. The number of benzene rings is 2. The van der Waals surface area contributed by atoms with Crippen LogP contribution >= 0.6 is 0 Å². The van der Waals surface area contributed by atoms with Crippen LogP contribution in [0.3, 0.4) is 0 Å². The van der Waals surface area contributed by atoms with Gasteiger partial charge >= 0.3 is 5.63 Å². The summed E-state index contributed by atoms with van der Waals surface area (Å²) >= 11 is 0. The summed E-state index contributed by atoms with van der Waals surface area (Å²) in [6, 6.07) is 15.0. The largest absolute Gasteiger partial charge is 0.496 e. The van der Waals surface area contributed by atoms with Gasteiger partial charge in [-0.05, 0) is 36.6 Å². The molecule has 0 aliphatic rings. The van der Waals surface area contributed by atoms with Crippen LogP contribution in [0.25, 0.3) is 11.0 Å². The highest BCUT2D eigenvalue weighted by atomic mass is 16.5. The Hall–Kier alpha value is -2.75. The minimum atomic E-state index is -0.319. The highest BCUT2D eigenvalue weighted by Crippen LogP contribution is 2.25. The number of methoxy groups -OCH3 is 1. The van der Waals surface area contributed by atoms with Crippen LogP contribution in [-0.2, 0) is 13.0 Å². The van der Waals surface area contributed by atoms with E-state index >= 15 is 0 Å². The topological polar surface area (TPSA) is 48.7 Å². The van der Waals surface area contributed by atoms with Crippen molar-refractivity contribution >= 4 is 11.0 Å². The average molecular weight is 338 g/mol. The van der Waals surface area contributed by atoms with Gasteiger partial charge < -0.3 is 13.9 Å². The van der Waals surface area contributed by atoms with Crippen LogP contribution in [0.15, 0.2) is 57.7 Å². The molecular weight excluding hydrogens is 316 g/mol. The van der Waals surface area contributed by atoms with Crippen molar-refractivity contribution in [2.24, 2.45) is 0 Å². The third-order valence-electron chi connectivity index (χ3n) is 4.19. The monoisotopic (exact) mass is 338 g/mol. The normalized spacial score (nSPS) is 10.8. The first-order chi connectivity index (χ1) is 12.2. The summed E-state index contributed by atoms with van der Waals surface area (Å²) in [7, 11) is 1.64. The quantitative estimate of drug-likeness (QED) is 0.585. The molecule has 0 atom stereocenters. The first kappa shape index (κ1) is 17.1. The van der Waals surface area contributed by atoms with Gasteiger partial charge in [0.25, 0.3) is 0 Å². The van der Waals surface area contributed by atoms with Crippen molar-refractivity contribution in [2.45, 2.75) is 32.8 Å². The van der Waals surface area contributed by atoms with Crippen LogP contribution in [0, 0.1) is 0 Å². The zero-order valence-electron chi connectivity index (χ0n) is 14.6. The van der Waals surface area contributed by atoms with Gasteiger partial charge in [-0.3, -0.25) is 0 Å². The van der Waals surface area contributed by atoms with Gasteiger partial charge in [-0.25, -0.2) is 4.79 Å². The molecule has 0 aliphatic heterocycles. The zero-order valence-corrected chi connectivity index (χ0v) is 14.6. The fourth-order valence-electron chi connectivity index (χ4n) is 2.86. The van der Waals surface area contributed by atoms with Gasteiger partial charge in [-0.1, -0.05) is 31.5 Å². The summed E-state index contributed by atoms with van der Waals surface area (Å²) in [5, 5.41) is 0.970. The summed E-state index contributed by atoms with van der Waals surface area (Å²) in [4.78, 5) is 11.8. The molecule has 3 rings (SSSR count). The van der Waals surface area contributed by atoms with E-state index in [1.54, 1.807) is 19.2 Å². The van der Waals surface area contributed by atoms with E-state index in [-0.39, 0.29) is 5.63 Å². The molecule has 0 bridgehead atoms. The predicted octanol–water partition coefficient (Wildman–Crippen LogP) is 4.72. The van der Waals surface area contributed by atoms with Crippen molar-refractivity contribution in [1.29, 1.82) is 0 Å². The minimum absolute atomic E-state index is 0.319. The van der Waals surface area contributed by atoms with Gasteiger partial charge in [-0.2, -0.15) is 0 Å². The maximum Gasteiger partial charge on any atom is 0.336 e. The highest BCUT2D eigenvalue weighted by Gasteiger charge is 2.08. The van der Waals surface area contributed by atoms with Gasteiger partial charge in [0.15, 0.2) is 0 Å². The Balaban J connectivity index is 1.85. The Bertz CT molecular complexity index is 911. The molecule has 130 valence electrons. The van der Waals surface area contributed by atoms with Crippen LogP contribution < -0.4 is 15.1 Å². The average Bonchev–Trinajstić information content (AvgIpc) is 2.64. The highest BCUT2D eigenvalue weighted by molar-refractivity contribution is 5.81. The number of hydrogen-bond donors (Lipinski definition) is 0. The molecule has 0 spiro atoms. The fourth-order valence-corrected chi connectivity index (χ4v) is 2.86. The summed E-state index contributed by atoms with van der Waals surface area (Å²) in [5.41, 5.74) is 2.24. The summed E-state index contributed by atoms with van der Waals surface area (Å²) < 4.78 is 16.6. The molecule has 0 saturated heterocycles. The van der Waals surface area contributed by atoms with Crippen molar-refractivity contribution in [3.63, 3.8) is 0 Å². The van der Waals surface area contributed by atoms with E-state index < -0.39 is 0 Å². The molecule has 2 aromatic carbocycles. The van der Waals surface area contributed by atoms with E-state index in [2.05, 4.69) is 6.92 Å². The third kappa shape index (κ3) is 4.02.